The molecule has 0 unspecified atom stereocenters. The first-order chi connectivity index (χ1) is 20.4. The summed E-state index contributed by atoms with van der Waals surface area (Å²) in [5, 5.41) is 14.8. The molecule has 42 heavy (non-hydrogen) atoms. The van der Waals surface area contributed by atoms with Crippen molar-refractivity contribution >= 4 is 39.9 Å². The van der Waals surface area contributed by atoms with E-state index in [-0.39, 0.29) is 17.5 Å². The minimum absolute atomic E-state index is 0.192. The summed E-state index contributed by atoms with van der Waals surface area (Å²) in [6, 6.07) is 28.2. The second-order valence-electron chi connectivity index (χ2n) is 9.58. The first-order valence-corrected chi connectivity index (χ1v) is 13.2. The van der Waals surface area contributed by atoms with Gasteiger partial charge in [0.15, 0.2) is 0 Å². The fourth-order valence-corrected chi connectivity index (χ4v) is 4.47. The van der Waals surface area contributed by atoms with Gasteiger partial charge in [-0.25, -0.2) is 18.9 Å². The summed E-state index contributed by atoms with van der Waals surface area (Å²) in [4.78, 5) is 21.6. The third-order valence-corrected chi connectivity index (χ3v) is 6.45. The fourth-order valence-electron chi connectivity index (χ4n) is 4.47. The van der Waals surface area contributed by atoms with E-state index in [2.05, 4.69) is 31.0 Å². The number of rotatable bonds is 7. The molecule has 6 aromatic rings. The number of hydrogen-bond donors (Lipinski definition) is 3. The second-order valence-corrected chi connectivity index (χ2v) is 9.58. The van der Waals surface area contributed by atoms with Crippen LogP contribution in [0.15, 0.2) is 103 Å². The smallest absolute Gasteiger partial charge is 0.324 e. The van der Waals surface area contributed by atoms with E-state index in [1.165, 1.54) is 12.3 Å². The molecule has 10 heteroatoms. The summed E-state index contributed by atoms with van der Waals surface area (Å²) >= 11 is 0. The zero-order chi connectivity index (χ0) is 29.1. The SMILES string of the molecule is Cc1ccc(-n2nc(C)cc2NC(=O)Nc2ccc(Oc3ccnc(Nc4ccccc4F)n3)c3ccccc23)cc1. The maximum Gasteiger partial charge on any atom is 0.324 e. The molecule has 6 rings (SSSR count). The van der Waals surface area contributed by atoms with Crippen LogP contribution < -0.4 is 20.7 Å². The fraction of sp³-hybridized carbons (Fsp3) is 0.0625. The Balaban J connectivity index is 1.22. The van der Waals surface area contributed by atoms with Crippen LogP contribution in [0.5, 0.6) is 11.6 Å². The zero-order valence-corrected chi connectivity index (χ0v) is 22.8. The topological polar surface area (TPSA) is 106 Å². The van der Waals surface area contributed by atoms with E-state index < -0.39 is 11.8 Å². The van der Waals surface area contributed by atoms with E-state index in [1.54, 1.807) is 41.1 Å². The minimum atomic E-state index is -0.416. The molecule has 0 bridgehead atoms. The van der Waals surface area contributed by atoms with Crippen molar-refractivity contribution in [2.75, 3.05) is 16.0 Å². The number of fused-ring (bicyclic) bond motifs is 1. The molecule has 0 atom stereocenters. The maximum atomic E-state index is 14.1. The lowest BCUT2D eigenvalue weighted by molar-refractivity contribution is 0.262. The van der Waals surface area contributed by atoms with Crippen molar-refractivity contribution in [1.82, 2.24) is 19.7 Å². The van der Waals surface area contributed by atoms with Gasteiger partial charge in [-0.2, -0.15) is 10.1 Å². The van der Waals surface area contributed by atoms with Crippen molar-refractivity contribution in [2.45, 2.75) is 13.8 Å². The molecule has 9 nitrogen and oxygen atoms in total. The van der Waals surface area contributed by atoms with E-state index in [0.717, 1.165) is 27.7 Å². The van der Waals surface area contributed by atoms with Gasteiger partial charge in [0, 0.05) is 29.1 Å². The van der Waals surface area contributed by atoms with Gasteiger partial charge in [-0.15, -0.1) is 0 Å². The Labute approximate surface area is 241 Å². The quantitative estimate of drug-likeness (QED) is 0.185. The number of halogens is 1. The number of nitrogens with zero attached hydrogens (tertiary/aromatic N) is 4. The highest BCUT2D eigenvalue weighted by Gasteiger charge is 2.14. The number of para-hydroxylation sites is 1. The largest absolute Gasteiger partial charge is 0.438 e. The third kappa shape index (κ3) is 5.73. The standard InChI is InChI=1S/C32H26FN7O2/c1-20-11-13-22(14-12-20)40-29(19-21(2)39-40)37-32(41)36-26-15-16-28(24-8-4-3-7-23(24)26)42-30-17-18-34-31(38-30)35-27-10-6-5-9-25(27)33/h3-19H,1-2H3,(H,34,35,38)(H2,36,37,41). The molecule has 0 spiro atoms. The van der Waals surface area contributed by atoms with Crippen molar-refractivity contribution in [3.05, 3.63) is 120 Å². The first kappa shape index (κ1) is 26.5. The predicted octanol–water partition coefficient (Wildman–Crippen LogP) is 7.75. The average Bonchev–Trinajstić information content (AvgIpc) is 3.35. The van der Waals surface area contributed by atoms with Crippen LogP contribution in [0.1, 0.15) is 11.3 Å². The Morgan fingerprint density at radius 1 is 0.833 bits per heavy atom. The molecule has 0 radical (unpaired) electrons. The molecule has 0 fully saturated rings. The third-order valence-electron chi connectivity index (χ3n) is 6.45. The van der Waals surface area contributed by atoms with Crippen LogP contribution in [-0.2, 0) is 0 Å². The number of benzene rings is 4. The van der Waals surface area contributed by atoms with Gasteiger partial charge in [-0.05, 0) is 50.2 Å². The molecule has 0 aliphatic carbocycles. The van der Waals surface area contributed by atoms with E-state index in [1.807, 2.05) is 68.4 Å². The normalized spacial score (nSPS) is 10.8. The molecule has 2 aromatic heterocycles. The molecule has 3 N–H and O–H groups in total. The van der Waals surface area contributed by atoms with Gasteiger partial charge in [0.1, 0.15) is 17.4 Å². The lowest BCUT2D eigenvalue weighted by Crippen LogP contribution is -2.21. The summed E-state index contributed by atoms with van der Waals surface area (Å²) < 4.78 is 21.9. The summed E-state index contributed by atoms with van der Waals surface area (Å²) in [6.07, 6.45) is 1.52. The van der Waals surface area contributed by atoms with Crippen LogP contribution in [0.4, 0.5) is 32.3 Å². The van der Waals surface area contributed by atoms with Gasteiger partial charge in [-0.1, -0.05) is 54.1 Å². The number of nitrogens with one attached hydrogen (secondary N) is 3. The van der Waals surface area contributed by atoms with Crippen molar-refractivity contribution in [3.8, 4) is 17.3 Å². The van der Waals surface area contributed by atoms with E-state index >= 15 is 0 Å². The van der Waals surface area contributed by atoms with Crippen molar-refractivity contribution in [1.29, 1.82) is 0 Å². The Bertz CT molecular complexity index is 1900. The molecule has 2 heterocycles. The van der Waals surface area contributed by atoms with Gasteiger partial charge >= 0.3 is 6.03 Å². The molecule has 208 valence electrons. The number of carbonyl (C=O) groups excluding carboxylic acids is 1. The van der Waals surface area contributed by atoms with Gasteiger partial charge < -0.3 is 15.4 Å². The summed E-state index contributed by atoms with van der Waals surface area (Å²) in [5.74, 6) is 1.12. The number of aryl methyl sites for hydroxylation is 2. The van der Waals surface area contributed by atoms with Crippen LogP contribution in [0.2, 0.25) is 0 Å². The second kappa shape index (κ2) is 11.4. The summed E-state index contributed by atoms with van der Waals surface area (Å²) in [7, 11) is 0. The molecule has 0 saturated heterocycles. The van der Waals surface area contributed by atoms with Gasteiger partial charge in [0.05, 0.1) is 22.8 Å². The van der Waals surface area contributed by atoms with Crippen LogP contribution in [0.25, 0.3) is 16.5 Å². The van der Waals surface area contributed by atoms with Gasteiger partial charge in [0.2, 0.25) is 11.8 Å². The Kier molecular flexibility index (Phi) is 7.17. The van der Waals surface area contributed by atoms with Crippen molar-refractivity contribution in [3.63, 3.8) is 0 Å². The lowest BCUT2D eigenvalue weighted by Gasteiger charge is -2.14. The van der Waals surface area contributed by atoms with Gasteiger partial charge in [-0.3, -0.25) is 5.32 Å². The minimum Gasteiger partial charge on any atom is -0.438 e. The number of hydrogen-bond acceptors (Lipinski definition) is 6. The highest BCUT2D eigenvalue weighted by molar-refractivity contribution is 6.07. The average molecular weight is 560 g/mol. The van der Waals surface area contributed by atoms with Crippen molar-refractivity contribution < 1.29 is 13.9 Å². The van der Waals surface area contributed by atoms with Crippen LogP contribution in [-0.4, -0.2) is 25.8 Å². The zero-order valence-electron chi connectivity index (χ0n) is 22.8. The number of aromatic nitrogens is 4. The number of ether oxygens (including phenoxy) is 1. The van der Waals surface area contributed by atoms with E-state index in [9.17, 15) is 9.18 Å². The summed E-state index contributed by atoms with van der Waals surface area (Å²) in [5.41, 5.74) is 3.60. The van der Waals surface area contributed by atoms with Crippen LogP contribution in [0, 0.1) is 19.7 Å². The maximum absolute atomic E-state index is 14.1. The van der Waals surface area contributed by atoms with Gasteiger partial charge in [0.25, 0.3) is 0 Å². The number of carbonyl (C=O) groups is 1. The monoisotopic (exact) mass is 559 g/mol. The highest BCUT2D eigenvalue weighted by Crippen LogP contribution is 2.34. The molecular formula is C32H26FN7O2. The predicted molar refractivity (Wildman–Crippen MR) is 161 cm³/mol. The van der Waals surface area contributed by atoms with Crippen LogP contribution in [0.3, 0.4) is 0 Å². The van der Waals surface area contributed by atoms with Crippen LogP contribution >= 0.6 is 0 Å². The molecular weight excluding hydrogens is 533 g/mol. The molecule has 0 aliphatic heterocycles. The Morgan fingerprint density at radius 2 is 1.60 bits per heavy atom. The lowest BCUT2D eigenvalue weighted by atomic mass is 10.1. The highest BCUT2D eigenvalue weighted by atomic mass is 19.1. The number of urea groups is 1. The Hall–Kier alpha value is -5.77. The first-order valence-electron chi connectivity index (χ1n) is 13.2. The molecule has 0 saturated carbocycles. The van der Waals surface area contributed by atoms with Crippen molar-refractivity contribution in [2.24, 2.45) is 0 Å². The van der Waals surface area contributed by atoms with E-state index in [0.29, 0.717) is 17.3 Å². The summed E-state index contributed by atoms with van der Waals surface area (Å²) in [6.45, 7) is 3.89. The molecule has 4 aromatic carbocycles. The molecule has 2 amide bonds. The van der Waals surface area contributed by atoms with E-state index in [4.69, 9.17) is 4.74 Å². The number of anilines is 4. The number of amides is 2. The molecule has 0 aliphatic rings. The Morgan fingerprint density at radius 3 is 2.40 bits per heavy atom.